The Balaban J connectivity index is 2.70. The van der Waals surface area contributed by atoms with Crippen molar-refractivity contribution < 1.29 is 4.79 Å². The van der Waals surface area contributed by atoms with E-state index in [2.05, 4.69) is 23.2 Å². The zero-order valence-electron chi connectivity index (χ0n) is 7.51. The minimum atomic E-state index is 0.202. The number of rotatable bonds is 3. The van der Waals surface area contributed by atoms with Crippen molar-refractivity contribution in [2.45, 2.75) is 19.8 Å². The molecule has 13 heavy (non-hydrogen) atoms. The van der Waals surface area contributed by atoms with E-state index in [-0.39, 0.29) is 11.1 Å². The molecule has 1 N–H and O–H groups in total. The Morgan fingerprint density at radius 1 is 1.85 bits per heavy atom. The Morgan fingerprint density at radius 2 is 2.62 bits per heavy atom. The molecule has 1 aliphatic rings. The molecule has 1 unspecified atom stereocenters. The van der Waals surface area contributed by atoms with Crippen molar-refractivity contribution in [1.82, 2.24) is 5.32 Å². The van der Waals surface area contributed by atoms with E-state index in [1.807, 2.05) is 0 Å². The van der Waals surface area contributed by atoms with Crippen molar-refractivity contribution >= 4 is 17.9 Å². The summed E-state index contributed by atoms with van der Waals surface area (Å²) in [6.45, 7) is 2.78. The minimum Gasteiger partial charge on any atom is -0.374 e. The molecule has 3 nitrogen and oxygen atoms in total. The molecule has 4 heteroatoms. The standard InChI is InChI=1S/C9H12ClN2O/c1-2-3-7-4-11-8(6-13)9(10)12-5-7/h6-7,11H,2-4H2,1H3/q+1. The molecule has 0 radical (unpaired) electrons. The smallest absolute Gasteiger partial charge is 0.374 e. The predicted octanol–water partition coefficient (Wildman–Crippen LogP) is 1.95. The van der Waals surface area contributed by atoms with Gasteiger partial charge < -0.3 is 5.32 Å². The van der Waals surface area contributed by atoms with Crippen LogP contribution in [-0.4, -0.2) is 12.8 Å². The zero-order valence-corrected chi connectivity index (χ0v) is 8.27. The highest BCUT2D eigenvalue weighted by Crippen LogP contribution is 2.14. The third-order valence-corrected chi connectivity index (χ3v) is 2.15. The van der Waals surface area contributed by atoms with Crippen LogP contribution in [0.25, 0.3) is 4.85 Å². The lowest BCUT2D eigenvalue weighted by molar-refractivity contribution is -0.105. The van der Waals surface area contributed by atoms with Gasteiger partial charge in [0.1, 0.15) is 5.92 Å². The summed E-state index contributed by atoms with van der Waals surface area (Å²) < 4.78 is 0. The van der Waals surface area contributed by atoms with Crippen molar-refractivity contribution in [2.75, 3.05) is 6.54 Å². The highest BCUT2D eigenvalue weighted by molar-refractivity contribution is 6.32. The summed E-state index contributed by atoms with van der Waals surface area (Å²) in [7, 11) is 0. The first kappa shape index (κ1) is 10.1. The van der Waals surface area contributed by atoms with Crippen LogP contribution in [-0.2, 0) is 4.79 Å². The number of allylic oxidation sites excluding steroid dienone is 1. The van der Waals surface area contributed by atoms with Gasteiger partial charge in [0.05, 0.1) is 0 Å². The molecule has 0 saturated carbocycles. The number of hydrogen-bond donors (Lipinski definition) is 1. The van der Waals surface area contributed by atoms with E-state index in [9.17, 15) is 4.79 Å². The SMILES string of the molecule is CCCC1C#[N+]C(Cl)=C(C=O)NC1. The van der Waals surface area contributed by atoms with Crippen molar-refractivity contribution in [3.8, 4) is 6.07 Å². The second kappa shape index (κ2) is 4.88. The van der Waals surface area contributed by atoms with Gasteiger partial charge >= 0.3 is 5.16 Å². The summed E-state index contributed by atoms with van der Waals surface area (Å²) in [4.78, 5) is 14.4. The Labute approximate surface area is 82.6 Å². The molecule has 0 fully saturated rings. The predicted molar refractivity (Wildman–Crippen MR) is 52.6 cm³/mol. The number of carbonyl (C=O) groups is 1. The molecule has 0 aromatic rings. The lowest BCUT2D eigenvalue weighted by atomic mass is 10.1. The van der Waals surface area contributed by atoms with E-state index in [1.165, 1.54) is 0 Å². The summed E-state index contributed by atoms with van der Waals surface area (Å²) in [6.07, 6.45) is 2.76. The van der Waals surface area contributed by atoms with Crippen LogP contribution < -0.4 is 5.32 Å². The molecule has 0 bridgehead atoms. The van der Waals surface area contributed by atoms with Crippen molar-refractivity contribution in [2.24, 2.45) is 5.92 Å². The van der Waals surface area contributed by atoms with E-state index in [0.29, 0.717) is 18.5 Å². The fourth-order valence-corrected chi connectivity index (χ4v) is 1.33. The van der Waals surface area contributed by atoms with Gasteiger partial charge in [-0.2, -0.15) is 0 Å². The molecule has 1 rings (SSSR count). The van der Waals surface area contributed by atoms with Crippen LogP contribution in [0.15, 0.2) is 10.9 Å². The molecule has 1 atom stereocenters. The van der Waals surface area contributed by atoms with Crippen LogP contribution in [0.3, 0.4) is 0 Å². The second-order valence-corrected chi connectivity index (χ2v) is 3.29. The summed E-state index contributed by atoms with van der Waals surface area (Å²) in [5.74, 6) is 0.246. The minimum absolute atomic E-state index is 0.202. The van der Waals surface area contributed by atoms with E-state index < -0.39 is 0 Å². The molecule has 70 valence electrons. The van der Waals surface area contributed by atoms with Gasteiger partial charge in [0, 0.05) is 18.1 Å². The van der Waals surface area contributed by atoms with Gasteiger partial charge in [0.15, 0.2) is 12.0 Å². The Hall–Kier alpha value is -1.01. The highest BCUT2D eigenvalue weighted by atomic mass is 35.5. The average molecular weight is 200 g/mol. The fourth-order valence-electron chi connectivity index (χ4n) is 1.17. The van der Waals surface area contributed by atoms with Gasteiger partial charge in [-0.25, -0.2) is 0 Å². The fraction of sp³-hybridized carbons (Fsp3) is 0.556. The maximum atomic E-state index is 10.5. The number of aldehydes is 1. The van der Waals surface area contributed by atoms with E-state index in [4.69, 9.17) is 11.6 Å². The molecular weight excluding hydrogens is 188 g/mol. The number of halogens is 1. The van der Waals surface area contributed by atoms with Crippen LogP contribution in [0.2, 0.25) is 0 Å². The molecule has 1 aliphatic heterocycles. The third kappa shape index (κ3) is 2.74. The second-order valence-electron chi connectivity index (χ2n) is 2.93. The molecule has 0 aliphatic carbocycles. The van der Waals surface area contributed by atoms with Gasteiger partial charge in [-0.05, 0) is 11.3 Å². The first-order valence-corrected chi connectivity index (χ1v) is 4.70. The Morgan fingerprint density at radius 3 is 3.23 bits per heavy atom. The van der Waals surface area contributed by atoms with Crippen LogP contribution in [0.5, 0.6) is 0 Å². The maximum absolute atomic E-state index is 10.5. The molecule has 0 saturated heterocycles. The van der Waals surface area contributed by atoms with Crippen LogP contribution in [0.4, 0.5) is 0 Å². The van der Waals surface area contributed by atoms with Crippen molar-refractivity contribution in [3.05, 3.63) is 15.7 Å². The normalized spacial score (nSPS) is 21.2. The van der Waals surface area contributed by atoms with E-state index >= 15 is 0 Å². The molecular formula is C9H12ClN2O+. The van der Waals surface area contributed by atoms with E-state index in [0.717, 1.165) is 12.8 Å². The van der Waals surface area contributed by atoms with Gasteiger partial charge in [0.25, 0.3) is 6.07 Å². The third-order valence-electron chi connectivity index (χ3n) is 1.86. The zero-order chi connectivity index (χ0) is 9.68. The lowest BCUT2D eigenvalue weighted by Crippen LogP contribution is -2.21. The van der Waals surface area contributed by atoms with Crippen molar-refractivity contribution in [1.29, 1.82) is 0 Å². The number of carbonyl (C=O) groups excluding carboxylic acids is 1. The molecule has 0 aromatic carbocycles. The average Bonchev–Trinajstić information content (AvgIpc) is 2.30. The summed E-state index contributed by atoms with van der Waals surface area (Å²) in [6, 6.07) is 2.91. The molecule has 0 aromatic heterocycles. The molecule has 1 heterocycles. The van der Waals surface area contributed by atoms with E-state index in [1.54, 1.807) is 0 Å². The molecule has 0 spiro atoms. The first-order chi connectivity index (χ1) is 6.27. The Kier molecular flexibility index (Phi) is 3.78. The topological polar surface area (TPSA) is 33.5 Å². The van der Waals surface area contributed by atoms with Crippen LogP contribution in [0, 0.1) is 12.0 Å². The molecule has 0 amide bonds. The van der Waals surface area contributed by atoms with Gasteiger partial charge in [-0.1, -0.05) is 13.3 Å². The summed E-state index contributed by atoms with van der Waals surface area (Å²) >= 11 is 5.71. The van der Waals surface area contributed by atoms with Gasteiger partial charge in [-0.3, -0.25) is 4.79 Å². The summed E-state index contributed by atoms with van der Waals surface area (Å²) in [5.41, 5.74) is 0.354. The van der Waals surface area contributed by atoms with Crippen molar-refractivity contribution in [3.63, 3.8) is 0 Å². The summed E-state index contributed by atoms with van der Waals surface area (Å²) in [5, 5.41) is 3.14. The first-order valence-electron chi connectivity index (χ1n) is 4.33. The van der Waals surface area contributed by atoms with Gasteiger partial charge in [0.2, 0.25) is 0 Å². The number of hydrogen-bond acceptors (Lipinski definition) is 2. The lowest BCUT2D eigenvalue weighted by Gasteiger charge is -2.03. The number of nitrogens with one attached hydrogen (secondary N) is 1. The van der Waals surface area contributed by atoms with Gasteiger partial charge in [-0.15, -0.1) is 0 Å². The highest BCUT2D eigenvalue weighted by Gasteiger charge is 2.20. The number of nitrogens with zero attached hydrogens (tertiary/aromatic N) is 1. The maximum Gasteiger partial charge on any atom is 0.435 e. The van der Waals surface area contributed by atoms with Crippen LogP contribution >= 0.6 is 11.6 Å². The monoisotopic (exact) mass is 199 g/mol. The quantitative estimate of drug-likeness (QED) is 0.557. The largest absolute Gasteiger partial charge is 0.435 e. The van der Waals surface area contributed by atoms with Crippen LogP contribution in [0.1, 0.15) is 19.8 Å². The Bertz CT molecular complexity index is 288.